The van der Waals surface area contributed by atoms with Crippen molar-refractivity contribution in [3.63, 3.8) is 0 Å². The van der Waals surface area contributed by atoms with Crippen LogP contribution in [0, 0.1) is 0 Å². The second-order valence-electron chi connectivity index (χ2n) is 7.80. The van der Waals surface area contributed by atoms with Gasteiger partial charge in [-0.05, 0) is 73.9 Å². The van der Waals surface area contributed by atoms with Crippen molar-refractivity contribution in [3.8, 4) is 0 Å². The summed E-state index contributed by atoms with van der Waals surface area (Å²) in [7, 11) is -3.67. The third-order valence-electron chi connectivity index (χ3n) is 5.35. The molecule has 6 heteroatoms. The predicted octanol–water partition coefficient (Wildman–Crippen LogP) is 7.08. The summed E-state index contributed by atoms with van der Waals surface area (Å²) < 4.78 is 28.9. The minimum Gasteiger partial charge on any atom is -0.371 e. The first-order chi connectivity index (χ1) is 15.8. The van der Waals surface area contributed by atoms with Gasteiger partial charge in [-0.25, -0.2) is 8.42 Å². The lowest BCUT2D eigenvalue weighted by Gasteiger charge is -2.23. The number of nitrogens with zero attached hydrogens (tertiary/aromatic N) is 1. The lowest BCUT2D eigenvalue weighted by atomic mass is 10.1. The van der Waals surface area contributed by atoms with Crippen molar-refractivity contribution in [1.29, 1.82) is 0 Å². The van der Waals surface area contributed by atoms with Crippen LogP contribution >= 0.6 is 15.9 Å². The van der Waals surface area contributed by atoms with Crippen LogP contribution in [0.15, 0.2) is 106 Å². The van der Waals surface area contributed by atoms with Crippen molar-refractivity contribution in [1.82, 2.24) is 4.90 Å². The fourth-order valence-corrected chi connectivity index (χ4v) is 5.06. The van der Waals surface area contributed by atoms with E-state index in [-0.39, 0.29) is 4.90 Å². The van der Waals surface area contributed by atoms with E-state index in [2.05, 4.69) is 75.8 Å². The van der Waals surface area contributed by atoms with Crippen molar-refractivity contribution in [2.75, 3.05) is 11.3 Å². The first kappa shape index (κ1) is 24.8. The number of hydrogen-bond acceptors (Lipinski definition) is 3. The van der Waals surface area contributed by atoms with Crippen molar-refractivity contribution in [2.45, 2.75) is 32.2 Å². The van der Waals surface area contributed by atoms with Gasteiger partial charge < -0.3 is 4.90 Å². The molecular weight excluding hydrogens is 496 g/mol. The normalized spacial score (nSPS) is 12.5. The molecule has 0 saturated carbocycles. The van der Waals surface area contributed by atoms with Gasteiger partial charge in [0.05, 0.1) is 4.90 Å². The van der Waals surface area contributed by atoms with Crippen LogP contribution in [0.5, 0.6) is 0 Å². The monoisotopic (exact) mass is 524 g/mol. The van der Waals surface area contributed by atoms with Gasteiger partial charge >= 0.3 is 0 Å². The highest BCUT2D eigenvalue weighted by Crippen LogP contribution is 2.23. The average molecular weight is 526 g/mol. The van der Waals surface area contributed by atoms with Crippen LogP contribution < -0.4 is 4.72 Å². The molecule has 3 rings (SSSR count). The molecule has 0 heterocycles. The molecule has 0 radical (unpaired) electrons. The number of rotatable bonds is 9. The third kappa shape index (κ3) is 7.07. The van der Waals surface area contributed by atoms with Crippen molar-refractivity contribution in [2.24, 2.45) is 0 Å². The molecule has 0 bridgehead atoms. The van der Waals surface area contributed by atoms with Crippen LogP contribution in [0.1, 0.15) is 31.9 Å². The molecule has 0 spiro atoms. The number of anilines is 1. The summed E-state index contributed by atoms with van der Waals surface area (Å²) in [4.78, 5) is 2.54. The fourth-order valence-electron chi connectivity index (χ4n) is 3.41. The molecule has 0 aliphatic carbocycles. The van der Waals surface area contributed by atoms with E-state index >= 15 is 0 Å². The smallest absolute Gasteiger partial charge is 0.261 e. The van der Waals surface area contributed by atoms with Crippen LogP contribution in [0.25, 0.3) is 5.57 Å². The molecular formula is C27H29BrN2O2S. The lowest BCUT2D eigenvalue weighted by Crippen LogP contribution is -2.20. The zero-order chi connectivity index (χ0) is 23.8. The summed E-state index contributed by atoms with van der Waals surface area (Å²) in [6.07, 6.45) is 4.19. The minimum absolute atomic E-state index is 0.214. The zero-order valence-corrected chi connectivity index (χ0v) is 21.5. The van der Waals surface area contributed by atoms with E-state index in [1.165, 1.54) is 11.3 Å². The second-order valence-corrected chi connectivity index (χ2v) is 10.4. The van der Waals surface area contributed by atoms with Gasteiger partial charge in [-0.3, -0.25) is 4.72 Å². The van der Waals surface area contributed by atoms with Crippen molar-refractivity contribution in [3.05, 3.63) is 112 Å². The molecule has 4 nitrogen and oxygen atoms in total. The SMILES string of the molecule is CCN(Cc1ccccc1)C(C)=CC=C(C)c1cccc(NS(=O)(=O)c2cccc(Br)c2)c1. The molecule has 33 heavy (non-hydrogen) atoms. The van der Waals surface area contributed by atoms with Crippen molar-refractivity contribution >= 4 is 37.2 Å². The standard InChI is InChI=1S/C27H29BrN2O2S/c1-4-30(20-23-10-6-5-7-11-23)22(3)17-16-21(2)24-12-8-14-26(18-24)29-33(31,32)27-15-9-13-25(28)19-27/h5-19,29H,4,20H2,1-3H3. The number of nitrogens with one attached hydrogen (secondary N) is 1. The molecule has 0 saturated heterocycles. The summed E-state index contributed by atoms with van der Waals surface area (Å²) >= 11 is 3.32. The first-order valence-corrected chi connectivity index (χ1v) is 13.1. The van der Waals surface area contributed by atoms with E-state index in [9.17, 15) is 8.42 Å². The Bertz CT molecular complexity index is 1250. The van der Waals surface area contributed by atoms with Crippen LogP contribution in [-0.4, -0.2) is 19.9 Å². The molecule has 0 unspecified atom stereocenters. The number of benzene rings is 3. The van der Waals surface area contributed by atoms with Crippen LogP contribution in [-0.2, 0) is 16.6 Å². The Morgan fingerprint density at radius 2 is 1.67 bits per heavy atom. The maximum atomic E-state index is 12.7. The quantitative estimate of drug-likeness (QED) is 0.304. The molecule has 3 aromatic carbocycles. The van der Waals surface area contributed by atoms with Crippen LogP contribution in [0.3, 0.4) is 0 Å². The predicted molar refractivity (Wildman–Crippen MR) is 141 cm³/mol. The summed E-state index contributed by atoms with van der Waals surface area (Å²) in [6.45, 7) is 8.06. The average Bonchev–Trinajstić information content (AvgIpc) is 2.81. The Hall–Kier alpha value is -2.83. The number of allylic oxidation sites excluding steroid dienone is 4. The van der Waals surface area contributed by atoms with E-state index in [1.807, 2.05) is 31.2 Å². The van der Waals surface area contributed by atoms with Crippen LogP contribution in [0.4, 0.5) is 5.69 Å². The van der Waals surface area contributed by atoms with Crippen LogP contribution in [0.2, 0.25) is 0 Å². The van der Waals surface area contributed by atoms with Gasteiger partial charge in [-0.2, -0.15) is 0 Å². The van der Waals surface area contributed by atoms with E-state index in [0.717, 1.165) is 24.2 Å². The molecule has 0 aliphatic rings. The third-order valence-corrected chi connectivity index (χ3v) is 7.22. The Labute approximate surface area is 205 Å². The van der Waals surface area contributed by atoms with E-state index < -0.39 is 10.0 Å². The highest BCUT2D eigenvalue weighted by atomic mass is 79.9. The number of hydrogen-bond donors (Lipinski definition) is 1. The topological polar surface area (TPSA) is 49.4 Å². The largest absolute Gasteiger partial charge is 0.371 e. The van der Waals surface area contributed by atoms with Crippen molar-refractivity contribution < 1.29 is 8.42 Å². The summed E-state index contributed by atoms with van der Waals surface area (Å²) in [6, 6.07) is 24.5. The molecule has 1 N–H and O–H groups in total. The van der Waals surface area contributed by atoms with Gasteiger partial charge in [0.15, 0.2) is 0 Å². The van der Waals surface area contributed by atoms with E-state index in [1.54, 1.807) is 30.3 Å². The maximum Gasteiger partial charge on any atom is 0.261 e. The van der Waals surface area contributed by atoms with E-state index in [4.69, 9.17) is 0 Å². The van der Waals surface area contributed by atoms with Gasteiger partial charge in [0.1, 0.15) is 0 Å². The summed E-state index contributed by atoms with van der Waals surface area (Å²) in [5, 5.41) is 0. The minimum atomic E-state index is -3.67. The molecule has 0 aromatic heterocycles. The second kappa shape index (κ2) is 11.3. The zero-order valence-electron chi connectivity index (χ0n) is 19.1. The molecule has 0 atom stereocenters. The lowest BCUT2D eigenvalue weighted by molar-refractivity contribution is 0.356. The Morgan fingerprint density at radius 1 is 0.939 bits per heavy atom. The summed E-state index contributed by atoms with van der Waals surface area (Å²) in [5.74, 6) is 0. The van der Waals surface area contributed by atoms with E-state index in [0.29, 0.717) is 10.2 Å². The van der Waals surface area contributed by atoms with Gasteiger partial charge in [0.25, 0.3) is 10.0 Å². The molecule has 0 fully saturated rings. The van der Waals surface area contributed by atoms with Gasteiger partial charge in [0, 0.05) is 28.9 Å². The fraction of sp³-hybridized carbons (Fsp3) is 0.185. The summed E-state index contributed by atoms with van der Waals surface area (Å²) in [5.41, 5.74) is 4.99. The van der Waals surface area contributed by atoms with Gasteiger partial charge in [-0.1, -0.05) is 70.5 Å². The first-order valence-electron chi connectivity index (χ1n) is 10.8. The maximum absolute atomic E-state index is 12.7. The Morgan fingerprint density at radius 3 is 2.36 bits per heavy atom. The molecule has 0 amide bonds. The molecule has 172 valence electrons. The Kier molecular flexibility index (Phi) is 8.53. The molecule has 0 aliphatic heterocycles. The Balaban J connectivity index is 1.76. The number of halogens is 1. The van der Waals surface area contributed by atoms with Gasteiger partial charge in [-0.15, -0.1) is 0 Å². The highest BCUT2D eigenvalue weighted by molar-refractivity contribution is 9.10. The number of sulfonamides is 1. The highest BCUT2D eigenvalue weighted by Gasteiger charge is 2.14. The molecule has 3 aromatic rings. The van der Waals surface area contributed by atoms with Gasteiger partial charge in [0.2, 0.25) is 0 Å².